The summed E-state index contributed by atoms with van der Waals surface area (Å²) in [6.45, 7) is 7.74. The van der Waals surface area contributed by atoms with Gasteiger partial charge in [0.05, 0.1) is 6.54 Å². The quantitative estimate of drug-likeness (QED) is 0.714. The van der Waals surface area contributed by atoms with Crippen LogP contribution in [0.5, 0.6) is 0 Å². The van der Waals surface area contributed by atoms with Crippen LogP contribution >= 0.6 is 0 Å². The van der Waals surface area contributed by atoms with E-state index in [0.717, 1.165) is 58.4 Å². The van der Waals surface area contributed by atoms with Crippen molar-refractivity contribution in [2.24, 2.45) is 11.8 Å². The number of piperidine rings is 3. The second-order valence-electron chi connectivity index (χ2n) is 8.81. The maximum absolute atomic E-state index is 12.3. The van der Waals surface area contributed by atoms with Gasteiger partial charge in [-0.05, 0) is 70.0 Å². The minimum absolute atomic E-state index is 0.169. The molecule has 146 valence electrons. The van der Waals surface area contributed by atoms with E-state index in [-0.39, 0.29) is 5.91 Å². The second-order valence-corrected chi connectivity index (χ2v) is 8.81. The average Bonchev–Trinajstić information content (AvgIpc) is 3.13. The number of carbonyl (C=O) groups is 2. The molecule has 0 aromatic rings. The summed E-state index contributed by atoms with van der Waals surface area (Å²) in [5.74, 6) is 1.65. The van der Waals surface area contributed by atoms with Crippen LogP contribution in [0, 0.1) is 11.8 Å². The molecule has 4 heterocycles. The number of nitrogens with one attached hydrogen (secondary N) is 1. The molecule has 0 radical (unpaired) electrons. The van der Waals surface area contributed by atoms with Crippen molar-refractivity contribution in [3.63, 3.8) is 0 Å². The molecule has 4 fully saturated rings. The molecule has 4 aliphatic rings. The maximum Gasteiger partial charge on any atom is 0.234 e. The van der Waals surface area contributed by atoms with Gasteiger partial charge in [-0.2, -0.15) is 0 Å². The minimum atomic E-state index is 0.169. The van der Waals surface area contributed by atoms with E-state index in [2.05, 4.69) is 20.0 Å². The second kappa shape index (κ2) is 8.26. The van der Waals surface area contributed by atoms with Crippen LogP contribution in [0.2, 0.25) is 0 Å². The van der Waals surface area contributed by atoms with E-state index in [9.17, 15) is 9.59 Å². The summed E-state index contributed by atoms with van der Waals surface area (Å²) in [7, 11) is 0. The van der Waals surface area contributed by atoms with Crippen molar-refractivity contribution in [1.82, 2.24) is 20.0 Å². The molecule has 0 aromatic heterocycles. The molecular formula is C20H34N4O2. The first kappa shape index (κ1) is 18.2. The van der Waals surface area contributed by atoms with Gasteiger partial charge < -0.3 is 15.1 Å². The average molecular weight is 363 g/mol. The lowest BCUT2D eigenvalue weighted by molar-refractivity contribution is -0.145. The normalized spacial score (nSPS) is 32.5. The van der Waals surface area contributed by atoms with Gasteiger partial charge in [0, 0.05) is 38.6 Å². The lowest BCUT2D eigenvalue weighted by atomic mass is 9.76. The number of hydrogen-bond donors (Lipinski definition) is 1. The molecule has 4 saturated heterocycles. The third kappa shape index (κ3) is 4.22. The van der Waals surface area contributed by atoms with Gasteiger partial charge in [0.25, 0.3) is 0 Å². The Morgan fingerprint density at radius 2 is 1.92 bits per heavy atom. The van der Waals surface area contributed by atoms with E-state index >= 15 is 0 Å². The number of rotatable bonds is 6. The van der Waals surface area contributed by atoms with Crippen LogP contribution in [0.25, 0.3) is 0 Å². The summed E-state index contributed by atoms with van der Waals surface area (Å²) in [5.41, 5.74) is 0. The predicted molar refractivity (Wildman–Crippen MR) is 101 cm³/mol. The van der Waals surface area contributed by atoms with Gasteiger partial charge in [-0.1, -0.05) is 0 Å². The van der Waals surface area contributed by atoms with Gasteiger partial charge >= 0.3 is 0 Å². The Bertz CT molecular complexity index is 520. The molecule has 6 heteroatoms. The Balaban J connectivity index is 1.19. The summed E-state index contributed by atoms with van der Waals surface area (Å²) in [5, 5.41) is 3.11. The molecule has 4 aliphatic heterocycles. The van der Waals surface area contributed by atoms with Crippen LogP contribution in [-0.4, -0.2) is 84.9 Å². The van der Waals surface area contributed by atoms with E-state index in [1.165, 1.54) is 32.4 Å². The SMILES string of the molecule is O=C(CN1C[C@H]2C[C@H](C1)[C@H]1CCCC(=O)N1C2)NCCCN1CCCC1. The standard InChI is InChI=1S/C20H34N4O2/c25-19(21-7-4-10-22-8-1-2-9-22)15-23-12-16-11-17(14-23)18-5-3-6-20(26)24(18)13-16/h16-18H,1-15H2,(H,21,25)/t16-,17-,18-/m1/s1. The first-order chi connectivity index (χ1) is 12.7. The molecule has 2 bridgehead atoms. The molecule has 4 rings (SSSR count). The van der Waals surface area contributed by atoms with Crippen LogP contribution < -0.4 is 5.32 Å². The summed E-state index contributed by atoms with van der Waals surface area (Å²) in [6, 6.07) is 0.429. The Labute approximate surface area is 157 Å². The van der Waals surface area contributed by atoms with Crippen molar-refractivity contribution >= 4 is 11.8 Å². The monoisotopic (exact) mass is 362 g/mol. The molecule has 3 atom stereocenters. The number of carbonyl (C=O) groups excluding carboxylic acids is 2. The van der Waals surface area contributed by atoms with Crippen LogP contribution in [0.1, 0.15) is 44.9 Å². The molecule has 26 heavy (non-hydrogen) atoms. The highest BCUT2D eigenvalue weighted by atomic mass is 16.2. The molecule has 6 nitrogen and oxygen atoms in total. The fraction of sp³-hybridized carbons (Fsp3) is 0.900. The molecule has 0 unspecified atom stereocenters. The van der Waals surface area contributed by atoms with E-state index < -0.39 is 0 Å². The zero-order valence-corrected chi connectivity index (χ0v) is 16.0. The largest absolute Gasteiger partial charge is 0.355 e. The fourth-order valence-electron chi connectivity index (χ4n) is 5.64. The van der Waals surface area contributed by atoms with Crippen LogP contribution in [0.3, 0.4) is 0 Å². The Kier molecular flexibility index (Phi) is 5.79. The smallest absolute Gasteiger partial charge is 0.234 e. The summed E-state index contributed by atoms with van der Waals surface area (Å²) >= 11 is 0. The van der Waals surface area contributed by atoms with Crippen molar-refractivity contribution in [2.75, 3.05) is 52.4 Å². The highest BCUT2D eigenvalue weighted by Gasteiger charge is 2.43. The summed E-state index contributed by atoms with van der Waals surface area (Å²) < 4.78 is 0. The van der Waals surface area contributed by atoms with E-state index in [4.69, 9.17) is 0 Å². The Morgan fingerprint density at radius 3 is 2.77 bits per heavy atom. The van der Waals surface area contributed by atoms with Crippen molar-refractivity contribution in [2.45, 2.75) is 51.0 Å². The van der Waals surface area contributed by atoms with Gasteiger partial charge in [0.2, 0.25) is 11.8 Å². The molecular weight excluding hydrogens is 328 g/mol. The molecule has 0 saturated carbocycles. The topological polar surface area (TPSA) is 55.9 Å². The maximum atomic E-state index is 12.3. The lowest BCUT2D eigenvalue weighted by Crippen LogP contribution is -2.61. The Morgan fingerprint density at radius 1 is 1.08 bits per heavy atom. The number of hydrogen-bond acceptors (Lipinski definition) is 4. The van der Waals surface area contributed by atoms with Crippen molar-refractivity contribution in [1.29, 1.82) is 0 Å². The third-order valence-corrected chi connectivity index (χ3v) is 6.79. The minimum Gasteiger partial charge on any atom is -0.355 e. The number of likely N-dealkylation sites (tertiary alicyclic amines) is 2. The molecule has 1 N–H and O–H groups in total. The highest BCUT2D eigenvalue weighted by molar-refractivity contribution is 5.78. The molecule has 0 aromatic carbocycles. The zero-order valence-electron chi connectivity index (χ0n) is 16.0. The number of amides is 2. The van der Waals surface area contributed by atoms with Crippen LogP contribution in [0.15, 0.2) is 0 Å². The summed E-state index contributed by atoms with van der Waals surface area (Å²) in [6.07, 6.45) is 7.87. The highest BCUT2D eigenvalue weighted by Crippen LogP contribution is 2.37. The molecule has 0 spiro atoms. The van der Waals surface area contributed by atoms with Gasteiger partial charge in [0.1, 0.15) is 0 Å². The van der Waals surface area contributed by atoms with Gasteiger partial charge in [-0.15, -0.1) is 0 Å². The van der Waals surface area contributed by atoms with Crippen molar-refractivity contribution < 1.29 is 9.59 Å². The van der Waals surface area contributed by atoms with E-state index in [1.807, 2.05) is 0 Å². The van der Waals surface area contributed by atoms with Gasteiger partial charge in [0.15, 0.2) is 0 Å². The van der Waals surface area contributed by atoms with E-state index in [0.29, 0.717) is 30.3 Å². The predicted octanol–water partition coefficient (Wildman–Crippen LogP) is 0.921. The first-order valence-corrected chi connectivity index (χ1v) is 10.7. The fourth-order valence-corrected chi connectivity index (χ4v) is 5.64. The van der Waals surface area contributed by atoms with Crippen LogP contribution in [0.4, 0.5) is 0 Å². The molecule has 2 amide bonds. The lowest BCUT2D eigenvalue weighted by Gasteiger charge is -2.52. The third-order valence-electron chi connectivity index (χ3n) is 6.79. The molecule has 0 aliphatic carbocycles. The van der Waals surface area contributed by atoms with Crippen molar-refractivity contribution in [3.05, 3.63) is 0 Å². The van der Waals surface area contributed by atoms with Crippen molar-refractivity contribution in [3.8, 4) is 0 Å². The number of nitrogens with zero attached hydrogens (tertiary/aromatic N) is 3. The van der Waals surface area contributed by atoms with Gasteiger partial charge in [-0.25, -0.2) is 0 Å². The zero-order chi connectivity index (χ0) is 17.9. The number of fused-ring (bicyclic) bond motifs is 4. The van der Waals surface area contributed by atoms with Crippen LogP contribution in [-0.2, 0) is 9.59 Å². The first-order valence-electron chi connectivity index (χ1n) is 10.7. The summed E-state index contributed by atoms with van der Waals surface area (Å²) in [4.78, 5) is 31.5. The van der Waals surface area contributed by atoms with Gasteiger partial charge in [-0.3, -0.25) is 14.5 Å². The van der Waals surface area contributed by atoms with E-state index in [1.54, 1.807) is 0 Å². The Hall–Kier alpha value is -1.14.